The van der Waals surface area contributed by atoms with E-state index >= 15 is 0 Å². The molecule has 0 radical (unpaired) electrons. The second kappa shape index (κ2) is 6.41. The number of hydrogen-bond donors (Lipinski definition) is 1. The lowest BCUT2D eigenvalue weighted by Gasteiger charge is -2.40. The summed E-state index contributed by atoms with van der Waals surface area (Å²) < 4.78 is 23.7. The van der Waals surface area contributed by atoms with Crippen LogP contribution >= 0.6 is 12.4 Å². The molecule has 1 aliphatic carbocycles. The molecule has 1 saturated heterocycles. The van der Waals surface area contributed by atoms with Crippen LogP contribution in [0.2, 0.25) is 0 Å². The van der Waals surface area contributed by atoms with E-state index in [-0.39, 0.29) is 35.5 Å². The zero-order valence-corrected chi connectivity index (χ0v) is 13.1. The van der Waals surface area contributed by atoms with Crippen LogP contribution in [0.25, 0.3) is 0 Å². The summed E-state index contributed by atoms with van der Waals surface area (Å²) in [4.78, 5) is 13.9. The third kappa shape index (κ3) is 3.61. The fraction of sp³-hybridized carbons (Fsp3) is 0.917. The van der Waals surface area contributed by atoms with Gasteiger partial charge < -0.3 is 10.2 Å². The first kappa shape index (κ1) is 16.7. The molecular weight excluding hydrogens is 288 g/mol. The summed E-state index contributed by atoms with van der Waals surface area (Å²) in [5.41, 5.74) is 0. The van der Waals surface area contributed by atoms with Crippen molar-refractivity contribution in [2.45, 2.75) is 37.0 Å². The highest BCUT2D eigenvalue weighted by Gasteiger charge is 2.39. The van der Waals surface area contributed by atoms with Gasteiger partial charge in [0.1, 0.15) is 0 Å². The molecule has 2 atom stereocenters. The van der Waals surface area contributed by atoms with E-state index in [1.54, 1.807) is 11.9 Å². The minimum atomic E-state index is -3.08. The molecule has 0 aromatic rings. The molecule has 0 spiro atoms. The van der Waals surface area contributed by atoms with Gasteiger partial charge in [0.2, 0.25) is 5.91 Å². The predicted octanol–water partition coefficient (Wildman–Crippen LogP) is 0.442. The van der Waals surface area contributed by atoms with Gasteiger partial charge in [0.25, 0.3) is 0 Å². The van der Waals surface area contributed by atoms with Crippen LogP contribution in [0.15, 0.2) is 0 Å². The molecule has 19 heavy (non-hydrogen) atoms. The number of carbonyl (C=O) groups excluding carboxylic acids is 1. The summed E-state index contributed by atoms with van der Waals surface area (Å²) >= 11 is 0. The van der Waals surface area contributed by atoms with Gasteiger partial charge in [-0.2, -0.15) is 0 Å². The minimum Gasteiger partial charge on any atom is -0.341 e. The summed E-state index contributed by atoms with van der Waals surface area (Å²) in [5, 5.41) is 2.69. The number of amides is 1. The molecule has 5 nitrogen and oxygen atoms in total. The normalized spacial score (nSPS) is 28.1. The van der Waals surface area contributed by atoms with Crippen LogP contribution in [0.3, 0.4) is 0 Å². The van der Waals surface area contributed by atoms with E-state index in [9.17, 15) is 13.2 Å². The second-order valence-electron chi connectivity index (χ2n) is 5.52. The van der Waals surface area contributed by atoms with Crippen molar-refractivity contribution in [2.75, 3.05) is 26.4 Å². The summed E-state index contributed by atoms with van der Waals surface area (Å²) in [7, 11) is -1.32. The van der Waals surface area contributed by atoms with Gasteiger partial charge in [-0.3, -0.25) is 4.79 Å². The zero-order valence-electron chi connectivity index (χ0n) is 11.5. The SMILES string of the molecule is CN(C(=O)C1CNC1)C1CCCCC1S(C)(=O)=O.Cl. The van der Waals surface area contributed by atoms with Crippen molar-refractivity contribution < 1.29 is 13.2 Å². The van der Waals surface area contributed by atoms with E-state index in [1.165, 1.54) is 6.26 Å². The molecule has 7 heteroatoms. The van der Waals surface area contributed by atoms with Gasteiger partial charge in [0, 0.05) is 32.4 Å². The third-order valence-electron chi connectivity index (χ3n) is 4.19. The van der Waals surface area contributed by atoms with Crippen molar-refractivity contribution >= 4 is 28.2 Å². The van der Waals surface area contributed by atoms with Crippen LogP contribution in [0.1, 0.15) is 25.7 Å². The first-order chi connectivity index (χ1) is 8.41. The standard InChI is InChI=1S/C12H22N2O3S.ClH/c1-14(12(15)9-7-13-8-9)10-5-3-4-6-11(10)18(2,16)17;/h9-11,13H,3-8H2,1-2H3;1H. The summed E-state index contributed by atoms with van der Waals surface area (Å²) in [5.74, 6) is 0.131. The molecule has 2 unspecified atom stereocenters. The highest BCUT2D eigenvalue weighted by atomic mass is 35.5. The van der Waals surface area contributed by atoms with E-state index in [0.29, 0.717) is 6.42 Å². The van der Waals surface area contributed by atoms with Crippen LogP contribution in [0.5, 0.6) is 0 Å². The van der Waals surface area contributed by atoms with E-state index in [4.69, 9.17) is 0 Å². The molecule has 1 heterocycles. The molecular formula is C12H23ClN2O3S. The average molecular weight is 311 g/mol. The monoisotopic (exact) mass is 310 g/mol. The smallest absolute Gasteiger partial charge is 0.228 e. The lowest BCUT2D eigenvalue weighted by Crippen LogP contribution is -2.56. The minimum absolute atomic E-state index is 0. The lowest BCUT2D eigenvalue weighted by molar-refractivity contribution is -0.138. The Labute approximate surface area is 121 Å². The molecule has 1 saturated carbocycles. The zero-order chi connectivity index (χ0) is 13.3. The van der Waals surface area contributed by atoms with Gasteiger partial charge in [-0.15, -0.1) is 12.4 Å². The molecule has 0 aromatic carbocycles. The van der Waals surface area contributed by atoms with Gasteiger partial charge in [-0.05, 0) is 12.8 Å². The van der Waals surface area contributed by atoms with Crippen LogP contribution in [-0.2, 0) is 14.6 Å². The predicted molar refractivity (Wildman–Crippen MR) is 77.3 cm³/mol. The Balaban J connectivity index is 0.00000180. The number of halogens is 1. The molecule has 0 bridgehead atoms. The number of nitrogens with zero attached hydrogens (tertiary/aromatic N) is 1. The summed E-state index contributed by atoms with van der Waals surface area (Å²) in [6.07, 6.45) is 4.74. The van der Waals surface area contributed by atoms with Crippen LogP contribution < -0.4 is 5.32 Å². The van der Waals surface area contributed by atoms with Crippen LogP contribution in [0, 0.1) is 5.92 Å². The molecule has 1 amide bonds. The van der Waals surface area contributed by atoms with E-state index in [2.05, 4.69) is 5.32 Å². The molecule has 2 fully saturated rings. The Morgan fingerprint density at radius 2 is 1.79 bits per heavy atom. The number of carbonyl (C=O) groups is 1. The van der Waals surface area contributed by atoms with Crippen molar-refractivity contribution in [1.82, 2.24) is 10.2 Å². The molecule has 1 aliphatic heterocycles. The quantitative estimate of drug-likeness (QED) is 0.821. The van der Waals surface area contributed by atoms with Crippen molar-refractivity contribution in [1.29, 1.82) is 0 Å². The van der Waals surface area contributed by atoms with Crippen LogP contribution in [0.4, 0.5) is 0 Å². The maximum absolute atomic E-state index is 12.2. The van der Waals surface area contributed by atoms with E-state index in [1.807, 2.05) is 0 Å². The second-order valence-corrected chi connectivity index (χ2v) is 7.79. The molecule has 0 aromatic heterocycles. The number of hydrogen-bond acceptors (Lipinski definition) is 4. The topological polar surface area (TPSA) is 66.5 Å². The maximum atomic E-state index is 12.2. The Morgan fingerprint density at radius 3 is 2.26 bits per heavy atom. The van der Waals surface area contributed by atoms with Crippen molar-refractivity contribution in [3.8, 4) is 0 Å². The van der Waals surface area contributed by atoms with E-state index in [0.717, 1.165) is 32.4 Å². The van der Waals surface area contributed by atoms with Gasteiger partial charge in [0.05, 0.1) is 11.2 Å². The first-order valence-electron chi connectivity index (χ1n) is 6.57. The largest absolute Gasteiger partial charge is 0.341 e. The highest BCUT2D eigenvalue weighted by molar-refractivity contribution is 7.91. The van der Waals surface area contributed by atoms with E-state index < -0.39 is 9.84 Å². The van der Waals surface area contributed by atoms with Gasteiger partial charge in [-0.25, -0.2) is 8.42 Å². The third-order valence-corrected chi connectivity index (χ3v) is 5.84. The Bertz CT molecular complexity index is 423. The Kier molecular flexibility index (Phi) is 5.65. The van der Waals surface area contributed by atoms with Crippen LogP contribution in [-0.4, -0.2) is 56.9 Å². The fourth-order valence-corrected chi connectivity index (χ4v) is 4.42. The fourth-order valence-electron chi connectivity index (χ4n) is 2.93. The molecule has 112 valence electrons. The summed E-state index contributed by atoms with van der Waals surface area (Å²) in [6, 6.07) is -0.137. The Morgan fingerprint density at radius 1 is 1.21 bits per heavy atom. The van der Waals surface area contributed by atoms with Crippen molar-refractivity contribution in [2.24, 2.45) is 5.92 Å². The number of sulfone groups is 1. The summed E-state index contributed by atoms with van der Waals surface area (Å²) in [6.45, 7) is 1.44. The molecule has 2 aliphatic rings. The number of nitrogens with one attached hydrogen (secondary N) is 1. The highest BCUT2D eigenvalue weighted by Crippen LogP contribution is 2.28. The molecule has 1 N–H and O–H groups in total. The van der Waals surface area contributed by atoms with Crippen molar-refractivity contribution in [3.05, 3.63) is 0 Å². The first-order valence-corrected chi connectivity index (χ1v) is 8.53. The lowest BCUT2D eigenvalue weighted by atomic mass is 9.92. The van der Waals surface area contributed by atoms with Crippen molar-refractivity contribution in [3.63, 3.8) is 0 Å². The van der Waals surface area contributed by atoms with Gasteiger partial charge in [-0.1, -0.05) is 12.8 Å². The number of rotatable bonds is 3. The average Bonchev–Trinajstić information content (AvgIpc) is 2.24. The van der Waals surface area contributed by atoms with Gasteiger partial charge in [0.15, 0.2) is 9.84 Å². The Hall–Kier alpha value is -0.330. The van der Waals surface area contributed by atoms with Gasteiger partial charge >= 0.3 is 0 Å². The maximum Gasteiger partial charge on any atom is 0.228 e. The molecule has 2 rings (SSSR count).